The monoisotopic (exact) mass is 234 g/mol. The van der Waals surface area contributed by atoms with E-state index in [0.717, 1.165) is 17.6 Å². The third kappa shape index (κ3) is 1.22. The summed E-state index contributed by atoms with van der Waals surface area (Å²) in [5, 5.41) is 11.0. The quantitative estimate of drug-likeness (QED) is 0.699. The first kappa shape index (κ1) is 11.5. The first-order valence-electron chi connectivity index (χ1n) is 6.77. The smallest absolute Gasteiger partial charge is 0.161 e. The Kier molecular flexibility index (Phi) is 2.04. The number of rotatable bonds is 0. The Balaban J connectivity index is 2.13. The van der Waals surface area contributed by atoms with Gasteiger partial charge in [0, 0.05) is 6.42 Å². The molecule has 17 heavy (non-hydrogen) atoms. The molecule has 0 aromatic heterocycles. The molecule has 0 heterocycles. The Morgan fingerprint density at radius 3 is 2.59 bits per heavy atom. The van der Waals surface area contributed by atoms with E-state index < -0.39 is 5.60 Å². The van der Waals surface area contributed by atoms with Crippen molar-refractivity contribution in [3.8, 4) is 0 Å². The Morgan fingerprint density at radius 2 is 1.94 bits per heavy atom. The van der Waals surface area contributed by atoms with Crippen LogP contribution in [0.15, 0.2) is 11.1 Å². The van der Waals surface area contributed by atoms with Crippen molar-refractivity contribution < 1.29 is 9.90 Å². The zero-order valence-electron chi connectivity index (χ0n) is 11.2. The average molecular weight is 234 g/mol. The van der Waals surface area contributed by atoms with Gasteiger partial charge in [0.2, 0.25) is 0 Å². The lowest BCUT2D eigenvalue weighted by molar-refractivity contribution is -0.118. The van der Waals surface area contributed by atoms with E-state index in [1.807, 2.05) is 6.92 Å². The molecule has 0 aliphatic heterocycles. The molecule has 0 unspecified atom stereocenters. The summed E-state index contributed by atoms with van der Waals surface area (Å²) in [6, 6.07) is 0. The van der Waals surface area contributed by atoms with Crippen molar-refractivity contribution in [2.24, 2.45) is 23.2 Å². The molecule has 4 atom stereocenters. The minimum Gasteiger partial charge on any atom is -0.385 e. The van der Waals surface area contributed by atoms with Crippen molar-refractivity contribution in [3.05, 3.63) is 11.1 Å². The minimum atomic E-state index is -0.825. The highest BCUT2D eigenvalue weighted by Crippen LogP contribution is 2.69. The maximum atomic E-state index is 12.0. The Morgan fingerprint density at radius 1 is 1.29 bits per heavy atom. The zero-order chi connectivity index (χ0) is 12.6. The number of ketones is 1. The number of hydrogen-bond acceptors (Lipinski definition) is 2. The SMILES string of the molecule is CC1=C2[C@@H]3[C@H](CC[C@H](C)[C@@]2(O)CC1=O)C3(C)C. The highest BCUT2D eigenvalue weighted by molar-refractivity contribution is 6.00. The van der Waals surface area contributed by atoms with Gasteiger partial charge in [0.05, 0.1) is 5.60 Å². The molecular weight excluding hydrogens is 212 g/mol. The van der Waals surface area contributed by atoms with Gasteiger partial charge >= 0.3 is 0 Å². The summed E-state index contributed by atoms with van der Waals surface area (Å²) in [7, 11) is 0. The van der Waals surface area contributed by atoms with Crippen LogP contribution in [0.1, 0.15) is 47.0 Å². The molecule has 2 saturated carbocycles. The second-order valence-electron chi connectivity index (χ2n) is 6.95. The van der Waals surface area contributed by atoms with Gasteiger partial charge in [-0.05, 0) is 54.1 Å². The maximum absolute atomic E-state index is 12.0. The van der Waals surface area contributed by atoms with Gasteiger partial charge in [0.25, 0.3) is 0 Å². The number of aliphatic hydroxyl groups is 1. The van der Waals surface area contributed by atoms with Crippen molar-refractivity contribution >= 4 is 5.78 Å². The van der Waals surface area contributed by atoms with Crippen molar-refractivity contribution in [2.45, 2.75) is 52.6 Å². The van der Waals surface area contributed by atoms with Gasteiger partial charge in [-0.25, -0.2) is 0 Å². The summed E-state index contributed by atoms with van der Waals surface area (Å²) in [6.07, 6.45) is 2.58. The fourth-order valence-corrected chi connectivity index (χ4v) is 4.41. The molecule has 3 rings (SSSR count). The van der Waals surface area contributed by atoms with Crippen LogP contribution in [0.3, 0.4) is 0 Å². The molecule has 3 aliphatic carbocycles. The van der Waals surface area contributed by atoms with E-state index in [4.69, 9.17) is 0 Å². The van der Waals surface area contributed by atoms with Crippen LogP contribution in [0.25, 0.3) is 0 Å². The Bertz CT molecular complexity index is 432. The molecule has 2 heteroatoms. The first-order valence-corrected chi connectivity index (χ1v) is 6.77. The van der Waals surface area contributed by atoms with E-state index in [1.54, 1.807) is 0 Å². The van der Waals surface area contributed by atoms with E-state index in [-0.39, 0.29) is 17.1 Å². The van der Waals surface area contributed by atoms with Crippen LogP contribution in [0.5, 0.6) is 0 Å². The number of carbonyl (C=O) groups excluding carboxylic acids is 1. The molecule has 1 N–H and O–H groups in total. The topological polar surface area (TPSA) is 37.3 Å². The lowest BCUT2D eigenvalue weighted by atomic mass is 9.78. The van der Waals surface area contributed by atoms with Gasteiger partial charge in [-0.1, -0.05) is 20.8 Å². The van der Waals surface area contributed by atoms with Crippen LogP contribution in [-0.2, 0) is 4.79 Å². The Labute approximate surface area is 103 Å². The summed E-state index contributed by atoms with van der Waals surface area (Å²) in [4.78, 5) is 12.0. The predicted molar refractivity (Wildman–Crippen MR) is 66.4 cm³/mol. The van der Waals surface area contributed by atoms with Crippen LogP contribution < -0.4 is 0 Å². The summed E-state index contributed by atoms with van der Waals surface area (Å²) < 4.78 is 0. The number of carbonyl (C=O) groups is 1. The molecule has 0 radical (unpaired) electrons. The first-order chi connectivity index (χ1) is 7.80. The predicted octanol–water partition coefficient (Wildman–Crippen LogP) is 2.71. The van der Waals surface area contributed by atoms with Crippen molar-refractivity contribution in [1.82, 2.24) is 0 Å². The van der Waals surface area contributed by atoms with E-state index in [2.05, 4.69) is 20.8 Å². The molecule has 0 spiro atoms. The third-order valence-electron chi connectivity index (χ3n) is 5.81. The molecule has 0 amide bonds. The second-order valence-corrected chi connectivity index (χ2v) is 6.95. The zero-order valence-corrected chi connectivity index (χ0v) is 11.2. The fourth-order valence-electron chi connectivity index (χ4n) is 4.41. The summed E-state index contributed by atoms with van der Waals surface area (Å²) in [5.74, 6) is 1.51. The number of hydrogen-bond donors (Lipinski definition) is 1. The maximum Gasteiger partial charge on any atom is 0.161 e. The molecule has 2 fully saturated rings. The van der Waals surface area contributed by atoms with Gasteiger partial charge in [-0.3, -0.25) is 4.79 Å². The van der Waals surface area contributed by atoms with E-state index in [9.17, 15) is 9.90 Å². The summed E-state index contributed by atoms with van der Waals surface area (Å²) in [5.41, 5.74) is 1.42. The molecule has 0 aromatic rings. The summed E-state index contributed by atoms with van der Waals surface area (Å²) >= 11 is 0. The number of allylic oxidation sites excluding steroid dienone is 1. The average Bonchev–Trinajstić information content (AvgIpc) is 2.71. The number of Topliss-reactive ketones (excluding diaryl/α,β-unsaturated/α-hetero) is 1. The van der Waals surface area contributed by atoms with Gasteiger partial charge < -0.3 is 5.11 Å². The molecular formula is C15H22O2. The van der Waals surface area contributed by atoms with E-state index in [0.29, 0.717) is 18.3 Å². The molecule has 3 aliphatic rings. The second kappa shape index (κ2) is 3.03. The van der Waals surface area contributed by atoms with E-state index in [1.165, 1.54) is 6.42 Å². The normalized spacial score (nSPS) is 47.6. The number of fused-ring (bicyclic) bond motifs is 3. The van der Waals surface area contributed by atoms with Crippen LogP contribution in [-0.4, -0.2) is 16.5 Å². The van der Waals surface area contributed by atoms with Gasteiger partial charge in [-0.2, -0.15) is 0 Å². The molecule has 94 valence electrons. The summed E-state index contributed by atoms with van der Waals surface area (Å²) in [6.45, 7) is 8.58. The fraction of sp³-hybridized carbons (Fsp3) is 0.800. The lowest BCUT2D eigenvalue weighted by Crippen LogP contribution is -2.37. The van der Waals surface area contributed by atoms with Crippen LogP contribution >= 0.6 is 0 Å². The molecule has 0 saturated heterocycles. The van der Waals surface area contributed by atoms with Gasteiger partial charge in [0.1, 0.15) is 0 Å². The largest absolute Gasteiger partial charge is 0.385 e. The van der Waals surface area contributed by atoms with Crippen molar-refractivity contribution in [3.63, 3.8) is 0 Å². The van der Waals surface area contributed by atoms with Crippen LogP contribution in [0, 0.1) is 23.2 Å². The van der Waals surface area contributed by atoms with Crippen molar-refractivity contribution in [2.75, 3.05) is 0 Å². The highest BCUT2D eigenvalue weighted by atomic mass is 16.3. The van der Waals surface area contributed by atoms with Crippen molar-refractivity contribution in [1.29, 1.82) is 0 Å². The Hall–Kier alpha value is -0.630. The third-order valence-corrected chi connectivity index (χ3v) is 5.81. The van der Waals surface area contributed by atoms with Gasteiger partial charge in [0.15, 0.2) is 5.78 Å². The minimum absolute atomic E-state index is 0.165. The van der Waals surface area contributed by atoms with Crippen LogP contribution in [0.2, 0.25) is 0 Å². The molecule has 2 nitrogen and oxygen atoms in total. The van der Waals surface area contributed by atoms with Gasteiger partial charge in [-0.15, -0.1) is 0 Å². The molecule has 0 aromatic carbocycles. The highest BCUT2D eigenvalue weighted by Gasteiger charge is 2.66. The van der Waals surface area contributed by atoms with Crippen LogP contribution in [0.4, 0.5) is 0 Å². The van der Waals surface area contributed by atoms with E-state index >= 15 is 0 Å². The molecule has 0 bridgehead atoms. The lowest BCUT2D eigenvalue weighted by Gasteiger charge is -2.32. The standard InChI is InChI=1S/C15H22O2/c1-8-5-6-10-13(14(10,3)4)12-9(2)11(16)7-15(8,12)17/h8,10,13,17H,5-7H2,1-4H3/t8-,10-,13-,15-/m0/s1.